The van der Waals surface area contributed by atoms with Gasteiger partial charge < -0.3 is 9.94 Å². The van der Waals surface area contributed by atoms with E-state index < -0.39 is 5.97 Å². The van der Waals surface area contributed by atoms with Crippen molar-refractivity contribution in [2.75, 3.05) is 0 Å². The first kappa shape index (κ1) is 11.2. The zero-order valence-corrected chi connectivity index (χ0v) is 8.94. The molecular formula is C11H13NO3. The van der Waals surface area contributed by atoms with Crippen LogP contribution in [-0.4, -0.2) is 16.8 Å². The maximum atomic E-state index is 10.5. The fraction of sp³-hybridized carbons (Fsp3) is 0.273. The maximum Gasteiger partial charge on any atom is 0.331 e. The molecule has 4 heteroatoms. The molecule has 1 aromatic rings. The topological polar surface area (TPSA) is 58.9 Å². The minimum atomic E-state index is -0.485. The third kappa shape index (κ3) is 2.80. The van der Waals surface area contributed by atoms with Gasteiger partial charge in [0.25, 0.3) is 0 Å². The van der Waals surface area contributed by atoms with E-state index in [0.717, 1.165) is 5.56 Å². The number of hydrogen-bond donors (Lipinski definition) is 1. The molecule has 0 atom stereocenters. The molecule has 1 N–H and O–H groups in total. The van der Waals surface area contributed by atoms with Gasteiger partial charge in [-0.3, -0.25) is 0 Å². The predicted molar refractivity (Wildman–Crippen MR) is 56.8 cm³/mol. The van der Waals surface area contributed by atoms with E-state index in [4.69, 9.17) is 0 Å². The summed E-state index contributed by atoms with van der Waals surface area (Å²) in [4.78, 5) is 15.0. The van der Waals surface area contributed by atoms with Crippen LogP contribution in [0.5, 0.6) is 5.75 Å². The van der Waals surface area contributed by atoms with E-state index in [1.54, 1.807) is 32.0 Å². The average molecular weight is 207 g/mol. The number of oxime groups is 1. The van der Waals surface area contributed by atoms with Crippen LogP contribution in [0.25, 0.3) is 0 Å². The van der Waals surface area contributed by atoms with Gasteiger partial charge in [0.15, 0.2) is 0 Å². The number of hydrogen-bond acceptors (Lipinski definition) is 4. The fourth-order valence-electron chi connectivity index (χ4n) is 1.13. The Labute approximate surface area is 88.2 Å². The highest BCUT2D eigenvalue weighted by molar-refractivity contribution is 6.01. The van der Waals surface area contributed by atoms with E-state index >= 15 is 0 Å². The summed E-state index contributed by atoms with van der Waals surface area (Å²) in [5.74, 6) is -0.326. The van der Waals surface area contributed by atoms with Gasteiger partial charge >= 0.3 is 5.97 Å². The second kappa shape index (κ2) is 4.59. The Bertz CT molecular complexity index is 410. The highest BCUT2D eigenvalue weighted by Gasteiger charge is 2.07. The Morgan fingerprint density at radius 2 is 2.07 bits per heavy atom. The van der Waals surface area contributed by atoms with Crippen LogP contribution in [0.4, 0.5) is 0 Å². The molecule has 0 unspecified atom stereocenters. The highest BCUT2D eigenvalue weighted by Crippen LogP contribution is 2.21. The van der Waals surface area contributed by atoms with Crippen molar-refractivity contribution >= 4 is 11.7 Å². The molecule has 0 radical (unpaired) electrons. The number of rotatable bonds is 2. The van der Waals surface area contributed by atoms with E-state index in [1.165, 1.54) is 6.92 Å². The third-order valence-electron chi connectivity index (χ3n) is 1.94. The van der Waals surface area contributed by atoms with E-state index in [2.05, 4.69) is 9.99 Å². The summed E-state index contributed by atoms with van der Waals surface area (Å²) < 4.78 is 0. The summed E-state index contributed by atoms with van der Waals surface area (Å²) in [5.41, 5.74) is 1.78. The molecule has 0 saturated heterocycles. The number of aromatic hydroxyl groups is 1. The number of phenolic OH excluding ortho intramolecular Hbond substituents is 1. The summed E-state index contributed by atoms with van der Waals surface area (Å²) in [6.07, 6.45) is 0. The molecule has 0 amide bonds. The van der Waals surface area contributed by atoms with Crippen molar-refractivity contribution in [3.63, 3.8) is 0 Å². The van der Waals surface area contributed by atoms with Gasteiger partial charge in [0, 0.05) is 12.5 Å². The van der Waals surface area contributed by atoms with Crippen molar-refractivity contribution in [1.29, 1.82) is 0 Å². The predicted octanol–water partition coefficient (Wildman–Crippen LogP) is 1.99. The number of carbonyl (C=O) groups is 1. The van der Waals surface area contributed by atoms with E-state index in [0.29, 0.717) is 11.3 Å². The zero-order chi connectivity index (χ0) is 11.4. The molecule has 0 aliphatic carbocycles. The fourth-order valence-corrected chi connectivity index (χ4v) is 1.13. The SMILES string of the molecule is CC(=O)O/N=C(/C)c1cccc(C)c1O. The molecule has 0 fully saturated rings. The van der Waals surface area contributed by atoms with Gasteiger partial charge in [-0.2, -0.15) is 0 Å². The normalized spacial score (nSPS) is 11.3. The van der Waals surface area contributed by atoms with Crippen LogP contribution in [0.15, 0.2) is 23.4 Å². The van der Waals surface area contributed by atoms with Gasteiger partial charge in [0.1, 0.15) is 5.75 Å². The molecule has 1 rings (SSSR count). The van der Waals surface area contributed by atoms with Gasteiger partial charge in [0.05, 0.1) is 5.71 Å². The molecule has 15 heavy (non-hydrogen) atoms. The standard InChI is InChI=1S/C11H13NO3/c1-7-5-4-6-10(11(7)14)8(2)12-15-9(3)13/h4-6,14H,1-3H3/b12-8-. The summed E-state index contributed by atoms with van der Waals surface area (Å²) in [5, 5.41) is 13.3. The maximum absolute atomic E-state index is 10.5. The van der Waals surface area contributed by atoms with Crippen molar-refractivity contribution in [2.24, 2.45) is 5.16 Å². The first-order valence-electron chi connectivity index (χ1n) is 4.53. The number of aryl methyl sites for hydroxylation is 1. The minimum absolute atomic E-state index is 0.158. The second-order valence-electron chi connectivity index (χ2n) is 3.23. The molecule has 0 spiro atoms. The van der Waals surface area contributed by atoms with Gasteiger partial charge in [0.2, 0.25) is 0 Å². The van der Waals surface area contributed by atoms with Gasteiger partial charge in [-0.15, -0.1) is 0 Å². The van der Waals surface area contributed by atoms with E-state index in [-0.39, 0.29) is 5.75 Å². The lowest BCUT2D eigenvalue weighted by atomic mass is 10.1. The molecule has 80 valence electrons. The van der Waals surface area contributed by atoms with Crippen molar-refractivity contribution in [3.05, 3.63) is 29.3 Å². The van der Waals surface area contributed by atoms with Crippen LogP contribution >= 0.6 is 0 Å². The van der Waals surface area contributed by atoms with Crippen molar-refractivity contribution in [2.45, 2.75) is 20.8 Å². The van der Waals surface area contributed by atoms with Gasteiger partial charge in [-0.05, 0) is 25.5 Å². The zero-order valence-electron chi connectivity index (χ0n) is 8.94. The van der Waals surface area contributed by atoms with Crippen LogP contribution in [0.3, 0.4) is 0 Å². The smallest absolute Gasteiger partial charge is 0.331 e. The van der Waals surface area contributed by atoms with E-state index in [1.807, 2.05) is 0 Å². The molecule has 0 saturated carbocycles. The van der Waals surface area contributed by atoms with Gasteiger partial charge in [-0.1, -0.05) is 17.3 Å². The molecular weight excluding hydrogens is 194 g/mol. The molecule has 1 aromatic carbocycles. The highest BCUT2D eigenvalue weighted by atomic mass is 16.7. The van der Waals surface area contributed by atoms with Crippen LogP contribution in [-0.2, 0) is 9.63 Å². The summed E-state index contributed by atoms with van der Waals surface area (Å²) in [7, 11) is 0. The number of benzene rings is 1. The van der Waals surface area contributed by atoms with Gasteiger partial charge in [-0.25, -0.2) is 4.79 Å². The molecule has 4 nitrogen and oxygen atoms in total. The number of phenols is 1. The van der Waals surface area contributed by atoms with Crippen LogP contribution in [0.2, 0.25) is 0 Å². The van der Waals surface area contributed by atoms with Crippen molar-refractivity contribution in [1.82, 2.24) is 0 Å². The number of para-hydroxylation sites is 1. The quantitative estimate of drug-likeness (QED) is 0.458. The summed E-state index contributed by atoms with van der Waals surface area (Å²) in [6, 6.07) is 5.31. The van der Waals surface area contributed by atoms with Crippen LogP contribution in [0, 0.1) is 6.92 Å². The largest absolute Gasteiger partial charge is 0.507 e. The Balaban J connectivity index is 3.00. The lowest BCUT2D eigenvalue weighted by Gasteiger charge is -2.05. The Hall–Kier alpha value is -1.84. The van der Waals surface area contributed by atoms with Crippen molar-refractivity contribution in [3.8, 4) is 5.75 Å². The van der Waals surface area contributed by atoms with Crippen LogP contribution in [0.1, 0.15) is 25.0 Å². The Kier molecular flexibility index (Phi) is 3.44. The molecule has 0 heterocycles. The Morgan fingerprint density at radius 3 is 2.67 bits per heavy atom. The first-order chi connectivity index (χ1) is 7.02. The minimum Gasteiger partial charge on any atom is -0.507 e. The second-order valence-corrected chi connectivity index (χ2v) is 3.23. The summed E-state index contributed by atoms with van der Waals surface area (Å²) >= 11 is 0. The Morgan fingerprint density at radius 1 is 1.40 bits per heavy atom. The van der Waals surface area contributed by atoms with Crippen molar-refractivity contribution < 1.29 is 14.7 Å². The van der Waals surface area contributed by atoms with Crippen LogP contribution < -0.4 is 0 Å². The number of carbonyl (C=O) groups excluding carboxylic acids is 1. The lowest BCUT2D eigenvalue weighted by Crippen LogP contribution is -2.00. The molecule has 0 bridgehead atoms. The molecule has 0 aliphatic rings. The summed E-state index contributed by atoms with van der Waals surface area (Å²) in [6.45, 7) is 4.72. The first-order valence-corrected chi connectivity index (χ1v) is 4.53. The molecule has 0 aromatic heterocycles. The monoisotopic (exact) mass is 207 g/mol. The number of nitrogens with zero attached hydrogens (tertiary/aromatic N) is 1. The lowest BCUT2D eigenvalue weighted by molar-refractivity contribution is -0.140. The average Bonchev–Trinajstić information content (AvgIpc) is 2.18. The molecule has 0 aliphatic heterocycles. The van der Waals surface area contributed by atoms with E-state index in [9.17, 15) is 9.90 Å². The third-order valence-corrected chi connectivity index (χ3v) is 1.94.